The standard InChI is InChI=1S/C21H20FN3O3/c1-13-18(9-14-7-8-17(28-3)11-19(14)23-13)21(27)25(2)12-20(26)24-16-6-4-5-15(22)10-16/h4-11H,12H2,1-3H3,(H,24,26). The van der Waals surface area contributed by atoms with Crippen molar-refractivity contribution in [3.8, 4) is 5.75 Å². The maximum atomic E-state index is 13.2. The van der Waals surface area contributed by atoms with Crippen LogP contribution in [0.2, 0.25) is 0 Å². The van der Waals surface area contributed by atoms with Crippen LogP contribution in [-0.4, -0.2) is 42.4 Å². The number of aromatic nitrogens is 1. The first-order valence-corrected chi connectivity index (χ1v) is 8.63. The van der Waals surface area contributed by atoms with Crippen LogP contribution in [-0.2, 0) is 4.79 Å². The molecule has 0 radical (unpaired) electrons. The van der Waals surface area contributed by atoms with Gasteiger partial charge in [0.15, 0.2) is 0 Å². The maximum Gasteiger partial charge on any atom is 0.255 e. The highest BCUT2D eigenvalue weighted by molar-refractivity contribution is 6.01. The fourth-order valence-corrected chi connectivity index (χ4v) is 2.85. The molecule has 0 aliphatic carbocycles. The van der Waals surface area contributed by atoms with Gasteiger partial charge < -0.3 is 15.0 Å². The van der Waals surface area contributed by atoms with Crippen molar-refractivity contribution in [2.45, 2.75) is 6.92 Å². The number of carbonyl (C=O) groups excluding carboxylic acids is 2. The minimum Gasteiger partial charge on any atom is -0.497 e. The molecule has 0 aliphatic heterocycles. The number of carbonyl (C=O) groups is 2. The molecule has 1 heterocycles. The molecule has 0 saturated carbocycles. The lowest BCUT2D eigenvalue weighted by molar-refractivity contribution is -0.116. The van der Waals surface area contributed by atoms with E-state index in [1.54, 1.807) is 38.3 Å². The molecule has 2 aromatic carbocycles. The molecule has 144 valence electrons. The Hall–Kier alpha value is -3.48. The number of fused-ring (bicyclic) bond motifs is 1. The first-order valence-electron chi connectivity index (χ1n) is 8.63. The molecular formula is C21H20FN3O3. The number of pyridine rings is 1. The summed E-state index contributed by atoms with van der Waals surface area (Å²) in [6, 6.07) is 12.8. The number of halogens is 1. The highest BCUT2D eigenvalue weighted by Crippen LogP contribution is 2.22. The zero-order valence-corrected chi connectivity index (χ0v) is 15.8. The van der Waals surface area contributed by atoms with Crippen molar-refractivity contribution in [1.29, 1.82) is 0 Å². The average Bonchev–Trinajstić information content (AvgIpc) is 2.66. The van der Waals surface area contributed by atoms with Gasteiger partial charge in [0.2, 0.25) is 5.91 Å². The monoisotopic (exact) mass is 381 g/mol. The van der Waals surface area contributed by atoms with E-state index in [-0.39, 0.29) is 12.5 Å². The Morgan fingerprint density at radius 3 is 2.68 bits per heavy atom. The number of hydrogen-bond acceptors (Lipinski definition) is 4. The Labute approximate surface area is 161 Å². The van der Waals surface area contributed by atoms with Crippen molar-refractivity contribution in [3.63, 3.8) is 0 Å². The summed E-state index contributed by atoms with van der Waals surface area (Å²) in [5, 5.41) is 3.37. The molecule has 6 nitrogen and oxygen atoms in total. The quantitative estimate of drug-likeness (QED) is 0.735. The molecule has 3 rings (SSSR count). The number of ether oxygens (including phenoxy) is 1. The average molecular weight is 381 g/mol. The van der Waals surface area contributed by atoms with Gasteiger partial charge in [-0.25, -0.2) is 4.39 Å². The van der Waals surface area contributed by atoms with Crippen LogP contribution in [0, 0.1) is 12.7 Å². The second-order valence-electron chi connectivity index (χ2n) is 6.40. The van der Waals surface area contributed by atoms with Crippen LogP contribution in [0.3, 0.4) is 0 Å². The molecule has 1 N–H and O–H groups in total. The number of nitrogens with one attached hydrogen (secondary N) is 1. The molecule has 0 bridgehead atoms. The van der Waals surface area contributed by atoms with E-state index < -0.39 is 11.7 Å². The van der Waals surface area contributed by atoms with Gasteiger partial charge in [-0.1, -0.05) is 6.07 Å². The molecular weight excluding hydrogens is 361 g/mol. The summed E-state index contributed by atoms with van der Waals surface area (Å²) >= 11 is 0. The van der Waals surface area contributed by atoms with Crippen LogP contribution in [0.25, 0.3) is 10.9 Å². The number of hydrogen-bond donors (Lipinski definition) is 1. The number of anilines is 1. The van der Waals surface area contributed by atoms with Gasteiger partial charge in [0.25, 0.3) is 5.91 Å². The summed E-state index contributed by atoms with van der Waals surface area (Å²) in [7, 11) is 3.11. The number of nitrogens with zero attached hydrogens (tertiary/aromatic N) is 2. The zero-order valence-electron chi connectivity index (χ0n) is 15.8. The predicted molar refractivity (Wildman–Crippen MR) is 105 cm³/mol. The number of benzene rings is 2. The van der Waals surface area contributed by atoms with Crippen LogP contribution in [0.5, 0.6) is 5.75 Å². The van der Waals surface area contributed by atoms with Crippen LogP contribution in [0.1, 0.15) is 16.1 Å². The van der Waals surface area contributed by atoms with Gasteiger partial charge in [-0.15, -0.1) is 0 Å². The van der Waals surface area contributed by atoms with Crippen molar-refractivity contribution in [1.82, 2.24) is 9.88 Å². The number of methoxy groups -OCH3 is 1. The third-order valence-electron chi connectivity index (χ3n) is 4.28. The van der Waals surface area contributed by atoms with E-state index in [4.69, 9.17) is 4.74 Å². The Morgan fingerprint density at radius 1 is 1.18 bits per heavy atom. The highest BCUT2D eigenvalue weighted by atomic mass is 19.1. The predicted octanol–water partition coefficient (Wildman–Crippen LogP) is 3.40. The van der Waals surface area contributed by atoms with E-state index in [9.17, 15) is 14.0 Å². The third-order valence-corrected chi connectivity index (χ3v) is 4.28. The smallest absolute Gasteiger partial charge is 0.255 e. The van der Waals surface area contributed by atoms with Crippen molar-refractivity contribution in [3.05, 3.63) is 65.6 Å². The van der Waals surface area contributed by atoms with E-state index in [0.717, 1.165) is 10.9 Å². The first-order chi connectivity index (χ1) is 13.4. The number of rotatable bonds is 5. The molecule has 0 atom stereocenters. The molecule has 0 spiro atoms. The third kappa shape index (κ3) is 4.25. The zero-order chi connectivity index (χ0) is 20.3. The van der Waals surface area contributed by atoms with Gasteiger partial charge in [-0.2, -0.15) is 0 Å². The maximum absolute atomic E-state index is 13.2. The normalized spacial score (nSPS) is 10.6. The fraction of sp³-hybridized carbons (Fsp3) is 0.190. The summed E-state index contributed by atoms with van der Waals surface area (Å²) < 4.78 is 18.4. The van der Waals surface area contributed by atoms with Gasteiger partial charge in [-0.3, -0.25) is 14.6 Å². The Kier molecular flexibility index (Phi) is 5.54. The fourth-order valence-electron chi connectivity index (χ4n) is 2.85. The van der Waals surface area contributed by atoms with Crippen LogP contribution >= 0.6 is 0 Å². The molecule has 0 aliphatic rings. The molecule has 0 unspecified atom stereocenters. The van der Waals surface area contributed by atoms with Gasteiger partial charge >= 0.3 is 0 Å². The van der Waals surface area contributed by atoms with Crippen molar-refractivity contribution in [2.24, 2.45) is 0 Å². The minimum absolute atomic E-state index is 0.171. The van der Waals surface area contributed by atoms with E-state index in [1.165, 1.54) is 30.1 Å². The van der Waals surface area contributed by atoms with Crippen LogP contribution in [0.4, 0.5) is 10.1 Å². The summed E-state index contributed by atoms with van der Waals surface area (Å²) in [6.07, 6.45) is 0. The lowest BCUT2D eigenvalue weighted by Gasteiger charge is -2.18. The molecule has 0 fully saturated rings. The summed E-state index contributed by atoms with van der Waals surface area (Å²) in [5.74, 6) is -0.504. The summed E-state index contributed by atoms with van der Waals surface area (Å²) in [5.41, 5.74) is 2.03. The van der Waals surface area contributed by atoms with Crippen LogP contribution < -0.4 is 10.1 Å². The first kappa shape index (κ1) is 19.3. The minimum atomic E-state index is -0.447. The lowest BCUT2D eigenvalue weighted by atomic mass is 10.1. The molecule has 7 heteroatoms. The largest absolute Gasteiger partial charge is 0.497 e. The molecule has 0 saturated heterocycles. The van der Waals surface area contributed by atoms with Gasteiger partial charge in [0.1, 0.15) is 11.6 Å². The molecule has 1 aromatic heterocycles. The highest BCUT2D eigenvalue weighted by Gasteiger charge is 2.18. The van der Waals surface area contributed by atoms with Gasteiger partial charge in [0.05, 0.1) is 30.4 Å². The van der Waals surface area contributed by atoms with Crippen molar-refractivity contribution < 1.29 is 18.7 Å². The van der Waals surface area contributed by atoms with Gasteiger partial charge in [0, 0.05) is 24.2 Å². The Balaban J connectivity index is 1.75. The van der Waals surface area contributed by atoms with E-state index in [1.807, 2.05) is 6.07 Å². The van der Waals surface area contributed by atoms with Gasteiger partial charge in [-0.05, 0) is 43.3 Å². The van der Waals surface area contributed by atoms with Crippen LogP contribution in [0.15, 0.2) is 48.5 Å². The number of amides is 2. The number of likely N-dealkylation sites (N-methyl/N-ethyl adjacent to an activating group) is 1. The molecule has 2 amide bonds. The second kappa shape index (κ2) is 8.04. The summed E-state index contributed by atoms with van der Waals surface area (Å²) in [6.45, 7) is 1.57. The second-order valence-corrected chi connectivity index (χ2v) is 6.40. The topological polar surface area (TPSA) is 71.5 Å². The summed E-state index contributed by atoms with van der Waals surface area (Å²) in [4.78, 5) is 30.8. The Morgan fingerprint density at radius 2 is 1.96 bits per heavy atom. The van der Waals surface area contributed by atoms with E-state index in [0.29, 0.717) is 22.7 Å². The molecule has 28 heavy (non-hydrogen) atoms. The lowest BCUT2D eigenvalue weighted by Crippen LogP contribution is -2.35. The van der Waals surface area contributed by atoms with E-state index >= 15 is 0 Å². The SMILES string of the molecule is COc1ccc2cc(C(=O)N(C)CC(=O)Nc3cccc(F)c3)c(C)nc2c1. The van der Waals surface area contributed by atoms with Crippen molar-refractivity contribution >= 4 is 28.4 Å². The number of aryl methyl sites for hydroxylation is 1. The van der Waals surface area contributed by atoms with E-state index in [2.05, 4.69) is 10.3 Å². The Bertz CT molecular complexity index is 1050. The van der Waals surface area contributed by atoms with Crippen molar-refractivity contribution in [2.75, 3.05) is 26.0 Å². The molecule has 3 aromatic rings.